The summed E-state index contributed by atoms with van der Waals surface area (Å²) in [5, 5.41) is 2.90. The molecular formula is C22H22N4O3. The van der Waals surface area contributed by atoms with Gasteiger partial charge in [-0.15, -0.1) is 0 Å². The molecule has 1 aliphatic carbocycles. The first-order valence-corrected chi connectivity index (χ1v) is 9.56. The Balaban J connectivity index is 1.62. The Morgan fingerprint density at radius 2 is 1.93 bits per heavy atom. The Labute approximate surface area is 168 Å². The second kappa shape index (κ2) is 8.36. The Hall–Kier alpha value is -3.32. The van der Waals surface area contributed by atoms with Crippen LogP contribution in [0, 0.1) is 0 Å². The normalized spacial score (nSPS) is 12.6. The summed E-state index contributed by atoms with van der Waals surface area (Å²) in [4.78, 5) is 34.0. The number of aromatic nitrogens is 3. The van der Waals surface area contributed by atoms with Crippen molar-refractivity contribution in [3.63, 3.8) is 0 Å². The van der Waals surface area contributed by atoms with Crippen LogP contribution < -0.4 is 10.9 Å². The molecule has 1 aliphatic rings. The van der Waals surface area contributed by atoms with Crippen LogP contribution in [0.2, 0.25) is 0 Å². The number of nitrogens with zero attached hydrogens (tertiary/aromatic N) is 3. The van der Waals surface area contributed by atoms with Crippen LogP contribution in [0.1, 0.15) is 23.2 Å². The van der Waals surface area contributed by atoms with Gasteiger partial charge in [-0.05, 0) is 54.7 Å². The van der Waals surface area contributed by atoms with Crippen LogP contribution in [0.4, 0.5) is 5.69 Å². The minimum atomic E-state index is -0.303. The maximum Gasteiger partial charge on any atom is 0.254 e. The molecule has 0 atom stereocenters. The van der Waals surface area contributed by atoms with Crippen LogP contribution in [0.15, 0.2) is 53.6 Å². The molecule has 7 heteroatoms. The van der Waals surface area contributed by atoms with E-state index in [1.165, 1.54) is 21.8 Å². The van der Waals surface area contributed by atoms with E-state index in [0.29, 0.717) is 17.1 Å². The first-order valence-electron chi connectivity index (χ1n) is 9.56. The number of anilines is 1. The highest BCUT2D eigenvalue weighted by Crippen LogP contribution is 2.25. The molecule has 148 valence electrons. The molecule has 7 nitrogen and oxygen atoms in total. The quantitative estimate of drug-likeness (QED) is 0.699. The third kappa shape index (κ3) is 4.25. The number of methoxy groups -OCH3 is 1. The lowest BCUT2D eigenvalue weighted by Crippen LogP contribution is -2.30. The van der Waals surface area contributed by atoms with Gasteiger partial charge in [0.1, 0.15) is 12.4 Å². The number of hydrogen-bond donors (Lipinski definition) is 1. The number of amides is 1. The molecule has 1 N–H and O–H groups in total. The van der Waals surface area contributed by atoms with Crippen molar-refractivity contribution in [2.45, 2.75) is 32.4 Å². The average molecular weight is 390 g/mol. The van der Waals surface area contributed by atoms with Gasteiger partial charge in [-0.3, -0.25) is 19.1 Å². The Morgan fingerprint density at radius 3 is 2.72 bits per heavy atom. The third-order valence-corrected chi connectivity index (χ3v) is 4.98. The monoisotopic (exact) mass is 390 g/mol. The van der Waals surface area contributed by atoms with E-state index in [1.807, 2.05) is 12.1 Å². The highest BCUT2D eigenvalue weighted by molar-refractivity contribution is 5.91. The lowest BCUT2D eigenvalue weighted by molar-refractivity contribution is -0.116. The fourth-order valence-electron chi connectivity index (χ4n) is 3.64. The Kier molecular flexibility index (Phi) is 5.48. The molecule has 1 amide bonds. The zero-order chi connectivity index (χ0) is 20.2. The van der Waals surface area contributed by atoms with Gasteiger partial charge < -0.3 is 10.1 Å². The summed E-state index contributed by atoms with van der Waals surface area (Å²) in [5.74, 6) is 0.137. The van der Waals surface area contributed by atoms with Crippen molar-refractivity contribution >= 4 is 11.6 Å². The summed E-state index contributed by atoms with van der Waals surface area (Å²) in [6.45, 7) is 0.0866. The molecule has 1 aromatic carbocycles. The van der Waals surface area contributed by atoms with E-state index in [0.717, 1.165) is 24.9 Å². The smallest absolute Gasteiger partial charge is 0.254 e. The third-order valence-electron chi connectivity index (χ3n) is 4.98. The number of ether oxygens (including phenoxy) is 1. The number of aryl methyl sites for hydroxylation is 2. The van der Waals surface area contributed by atoms with Crippen molar-refractivity contribution < 1.29 is 9.53 Å². The zero-order valence-corrected chi connectivity index (χ0v) is 16.2. The van der Waals surface area contributed by atoms with Crippen LogP contribution in [-0.4, -0.2) is 27.6 Å². The lowest BCUT2D eigenvalue weighted by Gasteiger charge is -2.14. The SMILES string of the molecule is COCc1cc(=O)n(CC(=O)Nc2ccc3c(c2)CCC3)c(-c2ccncc2)n1. The molecule has 0 aliphatic heterocycles. The molecule has 2 aromatic heterocycles. The van der Waals surface area contributed by atoms with Gasteiger partial charge in [0.25, 0.3) is 5.56 Å². The highest BCUT2D eigenvalue weighted by Gasteiger charge is 2.16. The summed E-state index contributed by atoms with van der Waals surface area (Å²) < 4.78 is 6.48. The number of hydrogen-bond acceptors (Lipinski definition) is 5. The van der Waals surface area contributed by atoms with Gasteiger partial charge >= 0.3 is 0 Å². The molecule has 0 fully saturated rings. The predicted octanol–water partition coefficient (Wildman–Crippen LogP) is 2.58. The molecule has 0 radical (unpaired) electrons. The highest BCUT2D eigenvalue weighted by atomic mass is 16.5. The number of benzene rings is 1. The van der Waals surface area contributed by atoms with E-state index in [2.05, 4.69) is 21.4 Å². The summed E-state index contributed by atoms with van der Waals surface area (Å²) >= 11 is 0. The van der Waals surface area contributed by atoms with E-state index in [-0.39, 0.29) is 24.6 Å². The largest absolute Gasteiger partial charge is 0.378 e. The molecule has 29 heavy (non-hydrogen) atoms. The van der Waals surface area contributed by atoms with Gasteiger partial charge in [0.05, 0.1) is 12.3 Å². The summed E-state index contributed by atoms with van der Waals surface area (Å²) in [7, 11) is 1.55. The lowest BCUT2D eigenvalue weighted by atomic mass is 10.1. The minimum Gasteiger partial charge on any atom is -0.378 e. The number of carbonyl (C=O) groups excluding carboxylic acids is 1. The average Bonchev–Trinajstić information content (AvgIpc) is 3.18. The molecular weight excluding hydrogens is 368 g/mol. The molecule has 0 saturated carbocycles. The molecule has 4 rings (SSSR count). The Bertz CT molecular complexity index is 1090. The zero-order valence-electron chi connectivity index (χ0n) is 16.2. The van der Waals surface area contributed by atoms with Crippen molar-refractivity contribution in [1.82, 2.24) is 14.5 Å². The number of pyridine rings is 1. The number of fused-ring (bicyclic) bond motifs is 1. The number of rotatable bonds is 6. The van der Waals surface area contributed by atoms with Gasteiger partial charge in [0.2, 0.25) is 5.91 Å². The van der Waals surface area contributed by atoms with E-state index >= 15 is 0 Å². The van der Waals surface area contributed by atoms with Crippen molar-refractivity contribution in [2.24, 2.45) is 0 Å². The summed E-state index contributed by atoms with van der Waals surface area (Å²) in [6.07, 6.45) is 6.53. The van der Waals surface area contributed by atoms with Gasteiger partial charge in [0, 0.05) is 36.8 Å². The van der Waals surface area contributed by atoms with Gasteiger partial charge in [-0.2, -0.15) is 0 Å². The second-order valence-electron chi connectivity index (χ2n) is 7.05. The van der Waals surface area contributed by atoms with Crippen molar-refractivity contribution in [2.75, 3.05) is 12.4 Å². The Morgan fingerprint density at radius 1 is 1.14 bits per heavy atom. The minimum absolute atomic E-state index is 0.131. The molecule has 0 spiro atoms. The second-order valence-corrected chi connectivity index (χ2v) is 7.05. The van der Waals surface area contributed by atoms with E-state index < -0.39 is 0 Å². The van der Waals surface area contributed by atoms with E-state index in [9.17, 15) is 9.59 Å². The fourth-order valence-corrected chi connectivity index (χ4v) is 3.64. The van der Waals surface area contributed by atoms with Crippen LogP contribution in [0.3, 0.4) is 0 Å². The molecule has 3 aromatic rings. The van der Waals surface area contributed by atoms with Gasteiger partial charge in [-0.25, -0.2) is 4.98 Å². The van der Waals surface area contributed by atoms with Gasteiger partial charge in [-0.1, -0.05) is 6.07 Å². The molecule has 0 bridgehead atoms. The van der Waals surface area contributed by atoms with Crippen LogP contribution in [-0.2, 0) is 35.5 Å². The number of carbonyl (C=O) groups is 1. The first-order chi connectivity index (χ1) is 14.1. The van der Waals surface area contributed by atoms with Crippen molar-refractivity contribution in [3.05, 3.63) is 76.0 Å². The van der Waals surface area contributed by atoms with Crippen LogP contribution in [0.25, 0.3) is 11.4 Å². The van der Waals surface area contributed by atoms with Crippen molar-refractivity contribution in [3.8, 4) is 11.4 Å². The van der Waals surface area contributed by atoms with Gasteiger partial charge in [0.15, 0.2) is 0 Å². The summed E-state index contributed by atoms with van der Waals surface area (Å²) in [6, 6.07) is 10.9. The van der Waals surface area contributed by atoms with E-state index in [1.54, 1.807) is 31.6 Å². The molecule has 0 saturated heterocycles. The predicted molar refractivity (Wildman–Crippen MR) is 110 cm³/mol. The van der Waals surface area contributed by atoms with Crippen LogP contribution >= 0.6 is 0 Å². The van der Waals surface area contributed by atoms with Crippen molar-refractivity contribution in [1.29, 1.82) is 0 Å². The summed E-state index contributed by atoms with van der Waals surface area (Å²) in [5.41, 5.74) is 4.29. The molecule has 2 heterocycles. The maximum absolute atomic E-state index is 12.7. The standard InChI is InChI=1S/C22H22N4O3/c1-29-14-19-12-21(28)26(22(25-19)16-7-9-23-10-8-16)13-20(27)24-18-6-5-15-3-2-4-17(15)11-18/h5-12H,2-4,13-14H2,1H3,(H,24,27). The maximum atomic E-state index is 12.7. The fraction of sp³-hybridized carbons (Fsp3) is 0.273. The first kappa shape index (κ1) is 19.0. The van der Waals surface area contributed by atoms with Crippen LogP contribution in [0.5, 0.6) is 0 Å². The molecule has 0 unspecified atom stereocenters. The number of nitrogens with one attached hydrogen (secondary N) is 1. The topological polar surface area (TPSA) is 86.1 Å². The van der Waals surface area contributed by atoms with E-state index in [4.69, 9.17) is 4.74 Å².